The molecule has 0 aromatic rings. The Morgan fingerprint density at radius 2 is 0.983 bits per heavy atom. The Kier molecular flexibility index (Phi) is 41.1. The van der Waals surface area contributed by atoms with E-state index in [0.29, 0.717) is 17.4 Å². The van der Waals surface area contributed by atoms with Crippen molar-refractivity contribution in [3.8, 4) is 0 Å². The number of nitrogens with zero attached hydrogens (tertiary/aromatic N) is 1. The molecule has 0 bridgehead atoms. The second kappa shape index (κ2) is 42.0. The number of carbonyl (C=O) groups is 1. The molecule has 0 saturated carbocycles. The number of hydrogen-bond acceptors (Lipinski definition) is 6. The Bertz CT molecular complexity index is 1060. The summed E-state index contributed by atoms with van der Waals surface area (Å²) in [6, 6.07) is -0.880. The van der Waals surface area contributed by atoms with Gasteiger partial charge in [0.05, 0.1) is 39.9 Å². The SMILES string of the molecule is CCCCCC/C=C/C(O)C(COP(=O)([O-])OCC[N+](C)(C)C)NC(=O)CCCCCCCCCCCCCCCCCCCCC/C=C\C/C=C\CCCCCCC. The van der Waals surface area contributed by atoms with E-state index in [1.165, 1.54) is 154 Å². The minimum Gasteiger partial charge on any atom is -0.756 e. The molecule has 348 valence electrons. The first-order valence-corrected chi connectivity index (χ1v) is 26.3. The minimum absolute atomic E-state index is 0.000757. The molecule has 0 aliphatic heterocycles. The van der Waals surface area contributed by atoms with Gasteiger partial charge in [-0.1, -0.05) is 204 Å². The van der Waals surface area contributed by atoms with Crippen molar-refractivity contribution in [1.82, 2.24) is 5.32 Å². The summed E-state index contributed by atoms with van der Waals surface area (Å²) in [6.07, 6.45) is 52.6. The van der Waals surface area contributed by atoms with Crippen LogP contribution in [0, 0.1) is 0 Å². The summed E-state index contributed by atoms with van der Waals surface area (Å²) in [6.45, 7) is 4.56. The van der Waals surface area contributed by atoms with Crippen molar-refractivity contribution < 1.29 is 32.9 Å². The number of aliphatic hydroxyl groups is 1. The highest BCUT2D eigenvalue weighted by Crippen LogP contribution is 2.38. The van der Waals surface area contributed by atoms with Crippen LogP contribution in [0.1, 0.15) is 226 Å². The molecule has 0 aliphatic rings. The molecule has 0 rings (SSSR count). The van der Waals surface area contributed by atoms with Gasteiger partial charge in [0.15, 0.2) is 0 Å². The van der Waals surface area contributed by atoms with Gasteiger partial charge < -0.3 is 28.8 Å². The maximum atomic E-state index is 12.8. The fraction of sp³-hybridized carbons (Fsp3) is 0.860. The van der Waals surface area contributed by atoms with Crippen molar-refractivity contribution >= 4 is 13.7 Å². The van der Waals surface area contributed by atoms with Gasteiger partial charge in [0.2, 0.25) is 5.91 Å². The van der Waals surface area contributed by atoms with Gasteiger partial charge in [0.25, 0.3) is 7.82 Å². The van der Waals surface area contributed by atoms with Gasteiger partial charge in [-0.05, 0) is 51.4 Å². The normalized spacial score (nSPS) is 14.5. The average Bonchev–Trinajstić information content (AvgIpc) is 3.19. The lowest BCUT2D eigenvalue weighted by Gasteiger charge is -2.29. The van der Waals surface area contributed by atoms with E-state index in [-0.39, 0.29) is 19.1 Å². The average molecular weight is 853 g/mol. The second-order valence-corrected chi connectivity index (χ2v) is 19.6. The molecule has 8 nitrogen and oxygen atoms in total. The van der Waals surface area contributed by atoms with Gasteiger partial charge in [-0.15, -0.1) is 0 Å². The maximum Gasteiger partial charge on any atom is 0.268 e. The van der Waals surface area contributed by atoms with E-state index in [9.17, 15) is 19.4 Å². The third-order valence-corrected chi connectivity index (χ3v) is 12.1. The first-order chi connectivity index (χ1) is 28.5. The molecule has 0 heterocycles. The van der Waals surface area contributed by atoms with Crippen LogP contribution in [0.15, 0.2) is 36.5 Å². The van der Waals surface area contributed by atoms with Gasteiger partial charge in [-0.2, -0.15) is 0 Å². The van der Waals surface area contributed by atoms with Crippen LogP contribution in [0.2, 0.25) is 0 Å². The fourth-order valence-corrected chi connectivity index (χ4v) is 7.85. The summed E-state index contributed by atoms with van der Waals surface area (Å²) in [7, 11) is 1.26. The van der Waals surface area contributed by atoms with E-state index in [0.717, 1.165) is 51.4 Å². The molecule has 0 aromatic carbocycles. The molecule has 9 heteroatoms. The van der Waals surface area contributed by atoms with Crippen molar-refractivity contribution in [2.24, 2.45) is 0 Å². The quantitative estimate of drug-likeness (QED) is 0.0273. The number of hydrogen-bond donors (Lipinski definition) is 2. The van der Waals surface area contributed by atoms with Crippen LogP contribution in [0.3, 0.4) is 0 Å². The van der Waals surface area contributed by atoms with Crippen LogP contribution >= 0.6 is 7.82 Å². The topological polar surface area (TPSA) is 108 Å². The molecule has 3 atom stereocenters. The number of aliphatic hydroxyl groups excluding tert-OH is 1. The maximum absolute atomic E-state index is 12.8. The monoisotopic (exact) mass is 853 g/mol. The highest BCUT2D eigenvalue weighted by atomic mass is 31.2. The van der Waals surface area contributed by atoms with Crippen LogP contribution < -0.4 is 10.2 Å². The Morgan fingerprint density at radius 3 is 1.42 bits per heavy atom. The summed E-state index contributed by atoms with van der Waals surface area (Å²) in [5.74, 6) is -0.201. The van der Waals surface area contributed by atoms with E-state index in [1.54, 1.807) is 6.08 Å². The number of likely N-dealkylation sites (N-methyl/N-ethyl adjacent to an activating group) is 1. The van der Waals surface area contributed by atoms with Crippen LogP contribution in [0.25, 0.3) is 0 Å². The van der Waals surface area contributed by atoms with Crippen molar-refractivity contribution in [1.29, 1.82) is 0 Å². The molecule has 2 N–H and O–H groups in total. The third kappa shape index (κ3) is 44.6. The van der Waals surface area contributed by atoms with Gasteiger partial charge >= 0.3 is 0 Å². The Hall–Kier alpha value is -1.28. The predicted molar refractivity (Wildman–Crippen MR) is 251 cm³/mol. The van der Waals surface area contributed by atoms with Gasteiger partial charge in [-0.25, -0.2) is 0 Å². The van der Waals surface area contributed by atoms with Gasteiger partial charge in [-0.3, -0.25) is 9.36 Å². The zero-order chi connectivity index (χ0) is 43.6. The molecule has 0 radical (unpaired) electrons. The zero-order valence-corrected chi connectivity index (χ0v) is 40.4. The highest BCUT2D eigenvalue weighted by Gasteiger charge is 2.23. The number of rotatable bonds is 45. The Morgan fingerprint density at radius 1 is 0.593 bits per heavy atom. The standard InChI is InChI=1S/C50H97N2O6P/c1-6-8-10-12-14-15-16-17-18-19-20-21-22-23-24-25-26-27-28-29-30-31-32-33-34-35-36-37-38-40-42-44-50(54)51-48(49(53)43-41-39-13-11-9-7-2)47-58-59(55,56)57-46-45-52(3,4)5/h16-17,19-20,41,43,48-49,53H,6-15,18,21-40,42,44-47H2,1-5H3,(H-,51,54,55,56)/b17-16-,20-19-,43-41+. The summed E-state index contributed by atoms with van der Waals surface area (Å²) >= 11 is 0. The first kappa shape index (κ1) is 57.7. The van der Waals surface area contributed by atoms with Crippen LogP contribution in [-0.4, -0.2) is 68.5 Å². The molecule has 0 fully saturated rings. The van der Waals surface area contributed by atoms with Crippen molar-refractivity contribution in [3.63, 3.8) is 0 Å². The molecule has 1 amide bonds. The number of quaternary nitrogens is 1. The lowest BCUT2D eigenvalue weighted by atomic mass is 10.0. The third-order valence-electron chi connectivity index (χ3n) is 11.1. The van der Waals surface area contributed by atoms with Crippen LogP contribution in [0.5, 0.6) is 0 Å². The number of amides is 1. The molecule has 3 unspecified atom stereocenters. The number of phosphoric ester groups is 1. The van der Waals surface area contributed by atoms with E-state index in [1.807, 2.05) is 27.2 Å². The fourth-order valence-electron chi connectivity index (χ4n) is 7.12. The lowest BCUT2D eigenvalue weighted by molar-refractivity contribution is -0.870. The second-order valence-electron chi connectivity index (χ2n) is 18.2. The molecule has 0 spiro atoms. The van der Waals surface area contributed by atoms with Gasteiger partial charge in [0.1, 0.15) is 13.2 Å². The van der Waals surface area contributed by atoms with E-state index in [4.69, 9.17) is 9.05 Å². The van der Waals surface area contributed by atoms with E-state index >= 15 is 0 Å². The first-order valence-electron chi connectivity index (χ1n) is 24.9. The van der Waals surface area contributed by atoms with Crippen molar-refractivity contribution in [2.45, 2.75) is 238 Å². The summed E-state index contributed by atoms with van der Waals surface area (Å²) < 4.78 is 23.1. The van der Waals surface area contributed by atoms with Crippen LogP contribution in [0.4, 0.5) is 0 Å². The minimum atomic E-state index is -4.57. The smallest absolute Gasteiger partial charge is 0.268 e. The molecule has 59 heavy (non-hydrogen) atoms. The van der Waals surface area contributed by atoms with E-state index in [2.05, 4.69) is 43.5 Å². The largest absolute Gasteiger partial charge is 0.756 e. The summed E-state index contributed by atoms with van der Waals surface area (Å²) in [5.41, 5.74) is 0. The zero-order valence-electron chi connectivity index (χ0n) is 39.5. The number of nitrogens with one attached hydrogen (secondary N) is 1. The Labute approximate surface area is 366 Å². The summed E-state index contributed by atoms with van der Waals surface area (Å²) in [4.78, 5) is 25.2. The van der Waals surface area contributed by atoms with Crippen LogP contribution in [-0.2, 0) is 18.4 Å². The lowest BCUT2D eigenvalue weighted by Crippen LogP contribution is -2.45. The Balaban J connectivity index is 3.87. The number of phosphoric acid groups is 1. The molecule has 0 saturated heterocycles. The van der Waals surface area contributed by atoms with Gasteiger partial charge in [0, 0.05) is 6.42 Å². The number of unbranched alkanes of at least 4 members (excludes halogenated alkanes) is 28. The predicted octanol–water partition coefficient (Wildman–Crippen LogP) is 13.6. The van der Waals surface area contributed by atoms with Crippen molar-refractivity contribution in [3.05, 3.63) is 36.5 Å². The van der Waals surface area contributed by atoms with Crippen molar-refractivity contribution in [2.75, 3.05) is 40.9 Å². The van der Waals surface area contributed by atoms with E-state index < -0.39 is 20.0 Å². The molecule has 0 aromatic heterocycles. The summed E-state index contributed by atoms with van der Waals surface area (Å²) in [5, 5.41) is 13.6. The molecular weight excluding hydrogens is 756 g/mol. The highest BCUT2D eigenvalue weighted by molar-refractivity contribution is 7.45. The molecular formula is C50H97N2O6P. The number of allylic oxidation sites excluding steroid dienone is 5. The molecule has 0 aliphatic carbocycles. The number of carbonyl (C=O) groups excluding carboxylic acids is 1.